The van der Waals surface area contributed by atoms with Gasteiger partial charge in [0.1, 0.15) is 0 Å². The third kappa shape index (κ3) is 4.94. The van der Waals surface area contributed by atoms with Gasteiger partial charge in [-0.2, -0.15) is 0 Å². The maximum Gasteiger partial charge on any atom is 0.0297 e. The van der Waals surface area contributed by atoms with E-state index in [1.807, 2.05) is 0 Å². The van der Waals surface area contributed by atoms with Crippen LogP contribution in [0.25, 0.3) is 0 Å². The molecule has 2 N–H and O–H groups in total. The van der Waals surface area contributed by atoms with Crippen LogP contribution in [0.1, 0.15) is 101 Å². The Bertz CT molecular complexity index is 393. The second-order valence-corrected chi connectivity index (χ2v) is 6.65. The number of unbranched alkanes of at least 4 members (excludes halogenated alkanes) is 3. The summed E-state index contributed by atoms with van der Waals surface area (Å²) >= 11 is 0. The lowest BCUT2D eigenvalue weighted by atomic mass is 9.87. The van der Waals surface area contributed by atoms with Crippen LogP contribution in [-0.4, -0.2) is 0 Å². The molecule has 0 radical (unpaired) electrons. The first-order valence-electron chi connectivity index (χ1n) is 8.36. The van der Waals surface area contributed by atoms with Crippen molar-refractivity contribution in [1.82, 2.24) is 0 Å². The zero-order chi connectivity index (χ0) is 15.1. The van der Waals surface area contributed by atoms with Gasteiger partial charge in [-0.15, -0.1) is 0 Å². The molecule has 1 nitrogen and oxygen atoms in total. The van der Waals surface area contributed by atoms with Gasteiger partial charge in [-0.3, -0.25) is 0 Å². The lowest BCUT2D eigenvalue weighted by Crippen LogP contribution is -2.14. The Kier molecular flexibility index (Phi) is 7.29. The fourth-order valence-electron chi connectivity index (χ4n) is 2.74. The Hall–Kier alpha value is -0.820. The molecule has 0 amide bonds. The molecule has 0 saturated heterocycles. The van der Waals surface area contributed by atoms with Gasteiger partial charge in [0.05, 0.1) is 0 Å². The Morgan fingerprint density at radius 3 is 2.15 bits per heavy atom. The molecule has 0 fully saturated rings. The predicted molar refractivity (Wildman–Crippen MR) is 90.3 cm³/mol. The molecule has 1 rings (SSSR count). The van der Waals surface area contributed by atoms with Crippen LogP contribution in [0.3, 0.4) is 0 Å². The fourth-order valence-corrected chi connectivity index (χ4v) is 2.74. The second kappa shape index (κ2) is 8.46. The number of benzene rings is 1. The van der Waals surface area contributed by atoms with Crippen LogP contribution in [0.5, 0.6) is 0 Å². The Balaban J connectivity index is 2.82. The Labute approximate surface area is 126 Å². The molecule has 0 spiro atoms. The summed E-state index contributed by atoms with van der Waals surface area (Å²) in [6.45, 7) is 11.3. The molecule has 1 aromatic carbocycles. The summed E-state index contributed by atoms with van der Waals surface area (Å²) in [5.41, 5.74) is 10.7. The summed E-state index contributed by atoms with van der Waals surface area (Å²) in [5.74, 6) is 1.13. The quantitative estimate of drug-likeness (QED) is 0.587. The standard InChI is InChI=1S/C19H33N/c1-6-7-8-9-10-19(20)17-12-11-16(14(2)3)13-18(17)15(4)5/h11-15,19H,6-10,20H2,1-5H3. The predicted octanol–water partition coefficient (Wildman–Crippen LogP) is 5.90. The van der Waals surface area contributed by atoms with E-state index >= 15 is 0 Å². The van der Waals surface area contributed by atoms with Crippen LogP contribution in [0.4, 0.5) is 0 Å². The summed E-state index contributed by atoms with van der Waals surface area (Å²) in [6, 6.07) is 7.11. The highest BCUT2D eigenvalue weighted by Gasteiger charge is 2.14. The third-order valence-electron chi connectivity index (χ3n) is 4.17. The molecule has 20 heavy (non-hydrogen) atoms. The lowest BCUT2D eigenvalue weighted by Gasteiger charge is -2.21. The zero-order valence-corrected chi connectivity index (χ0v) is 14.1. The molecule has 0 aromatic heterocycles. The van der Waals surface area contributed by atoms with E-state index < -0.39 is 0 Å². The molecule has 0 aliphatic carbocycles. The van der Waals surface area contributed by atoms with Crippen molar-refractivity contribution in [2.24, 2.45) is 5.73 Å². The van der Waals surface area contributed by atoms with Gasteiger partial charge in [0, 0.05) is 6.04 Å². The van der Waals surface area contributed by atoms with Crippen LogP contribution >= 0.6 is 0 Å². The van der Waals surface area contributed by atoms with Crippen molar-refractivity contribution in [1.29, 1.82) is 0 Å². The van der Waals surface area contributed by atoms with E-state index in [2.05, 4.69) is 52.8 Å². The molecule has 0 aliphatic heterocycles. The highest BCUT2D eigenvalue weighted by molar-refractivity contribution is 5.37. The van der Waals surface area contributed by atoms with Crippen LogP contribution in [0, 0.1) is 0 Å². The average Bonchev–Trinajstić information content (AvgIpc) is 2.42. The van der Waals surface area contributed by atoms with Gasteiger partial charge in [0.25, 0.3) is 0 Å². The monoisotopic (exact) mass is 275 g/mol. The Morgan fingerprint density at radius 1 is 0.900 bits per heavy atom. The molecule has 0 saturated carbocycles. The van der Waals surface area contributed by atoms with Gasteiger partial charge in [-0.1, -0.05) is 78.5 Å². The van der Waals surface area contributed by atoms with E-state index in [0.717, 1.165) is 6.42 Å². The van der Waals surface area contributed by atoms with E-state index in [9.17, 15) is 0 Å². The van der Waals surface area contributed by atoms with E-state index in [4.69, 9.17) is 5.73 Å². The van der Waals surface area contributed by atoms with Crippen molar-refractivity contribution >= 4 is 0 Å². The van der Waals surface area contributed by atoms with Gasteiger partial charge in [-0.25, -0.2) is 0 Å². The topological polar surface area (TPSA) is 26.0 Å². The number of nitrogens with two attached hydrogens (primary N) is 1. The summed E-state index contributed by atoms with van der Waals surface area (Å²) < 4.78 is 0. The minimum Gasteiger partial charge on any atom is -0.324 e. The SMILES string of the molecule is CCCCCCC(N)c1ccc(C(C)C)cc1C(C)C. The van der Waals surface area contributed by atoms with E-state index in [-0.39, 0.29) is 6.04 Å². The van der Waals surface area contributed by atoms with Gasteiger partial charge >= 0.3 is 0 Å². The normalized spacial score (nSPS) is 13.2. The van der Waals surface area contributed by atoms with E-state index in [0.29, 0.717) is 11.8 Å². The highest BCUT2D eigenvalue weighted by atomic mass is 14.6. The molecule has 1 heteroatoms. The molecule has 0 heterocycles. The van der Waals surface area contributed by atoms with Gasteiger partial charge in [0.15, 0.2) is 0 Å². The van der Waals surface area contributed by atoms with Crippen molar-refractivity contribution in [2.75, 3.05) is 0 Å². The minimum atomic E-state index is 0.200. The van der Waals surface area contributed by atoms with Crippen molar-refractivity contribution in [3.05, 3.63) is 34.9 Å². The largest absolute Gasteiger partial charge is 0.324 e. The van der Waals surface area contributed by atoms with Crippen molar-refractivity contribution in [3.8, 4) is 0 Å². The summed E-state index contributed by atoms with van der Waals surface area (Å²) in [6.07, 6.45) is 6.29. The second-order valence-electron chi connectivity index (χ2n) is 6.65. The first-order valence-corrected chi connectivity index (χ1v) is 8.36. The smallest absolute Gasteiger partial charge is 0.0297 e. The van der Waals surface area contributed by atoms with E-state index in [1.165, 1.54) is 42.4 Å². The number of hydrogen-bond donors (Lipinski definition) is 1. The molecular weight excluding hydrogens is 242 g/mol. The molecule has 0 bridgehead atoms. The fraction of sp³-hybridized carbons (Fsp3) is 0.684. The average molecular weight is 275 g/mol. The maximum absolute atomic E-state index is 6.44. The highest BCUT2D eigenvalue weighted by Crippen LogP contribution is 2.30. The summed E-state index contributed by atoms with van der Waals surface area (Å²) in [4.78, 5) is 0. The Morgan fingerprint density at radius 2 is 1.60 bits per heavy atom. The van der Waals surface area contributed by atoms with Crippen molar-refractivity contribution < 1.29 is 0 Å². The molecule has 1 unspecified atom stereocenters. The number of rotatable bonds is 8. The maximum atomic E-state index is 6.44. The first kappa shape index (κ1) is 17.2. The lowest BCUT2D eigenvalue weighted by molar-refractivity contribution is 0.561. The summed E-state index contributed by atoms with van der Waals surface area (Å²) in [7, 11) is 0. The van der Waals surface area contributed by atoms with Crippen LogP contribution < -0.4 is 5.73 Å². The minimum absolute atomic E-state index is 0.200. The molecule has 0 aliphatic rings. The zero-order valence-electron chi connectivity index (χ0n) is 14.1. The van der Waals surface area contributed by atoms with Crippen molar-refractivity contribution in [3.63, 3.8) is 0 Å². The number of hydrogen-bond acceptors (Lipinski definition) is 1. The molecular formula is C19H33N. The van der Waals surface area contributed by atoms with E-state index in [1.54, 1.807) is 0 Å². The van der Waals surface area contributed by atoms with Gasteiger partial charge in [0.2, 0.25) is 0 Å². The van der Waals surface area contributed by atoms with Crippen LogP contribution in [0.15, 0.2) is 18.2 Å². The third-order valence-corrected chi connectivity index (χ3v) is 4.17. The van der Waals surface area contributed by atoms with Gasteiger partial charge in [-0.05, 0) is 34.9 Å². The summed E-state index contributed by atoms with van der Waals surface area (Å²) in [5, 5.41) is 0. The van der Waals surface area contributed by atoms with Gasteiger partial charge < -0.3 is 5.73 Å². The molecule has 1 atom stereocenters. The van der Waals surface area contributed by atoms with Crippen LogP contribution in [0.2, 0.25) is 0 Å². The first-order chi connectivity index (χ1) is 9.47. The van der Waals surface area contributed by atoms with Crippen LogP contribution in [-0.2, 0) is 0 Å². The molecule has 114 valence electrons. The van der Waals surface area contributed by atoms with Crippen molar-refractivity contribution in [2.45, 2.75) is 84.6 Å². The molecule has 1 aromatic rings.